The number of unbranched alkanes of at least 4 members (excludes halogenated alkanes) is 3. The minimum absolute atomic E-state index is 0.780. The predicted octanol–water partition coefficient (Wildman–Crippen LogP) is 2.59. The molecule has 0 saturated heterocycles. The fourth-order valence-electron chi connectivity index (χ4n) is 0.652. The molecule has 1 radical (unpaired) electrons. The van der Waals surface area contributed by atoms with Gasteiger partial charge in [-0.05, 0) is 12.8 Å². The minimum atomic E-state index is 0.780. The average molecular weight is 150 g/mol. The SMILES string of the molecule is [CH2]OCCCCCCCl. The van der Waals surface area contributed by atoms with E-state index in [0.717, 1.165) is 25.3 Å². The first-order valence-corrected chi connectivity index (χ1v) is 3.88. The van der Waals surface area contributed by atoms with E-state index in [1.54, 1.807) is 0 Å². The third kappa shape index (κ3) is 8.25. The quantitative estimate of drug-likeness (QED) is 0.417. The summed E-state index contributed by atoms with van der Waals surface area (Å²) in [5.41, 5.74) is 0. The number of hydrogen-bond donors (Lipinski definition) is 0. The lowest BCUT2D eigenvalue weighted by Gasteiger charge is -1.96. The van der Waals surface area contributed by atoms with Crippen LogP contribution in [0.5, 0.6) is 0 Å². The zero-order valence-corrected chi connectivity index (χ0v) is 6.49. The summed E-state index contributed by atoms with van der Waals surface area (Å²) in [5.74, 6) is 0.783. The molecule has 1 nitrogen and oxygen atoms in total. The van der Waals surface area contributed by atoms with Crippen molar-refractivity contribution >= 4 is 11.6 Å². The predicted molar refractivity (Wildman–Crippen MR) is 40.5 cm³/mol. The smallest absolute Gasteiger partial charge is 0.0700 e. The maximum absolute atomic E-state index is 5.47. The van der Waals surface area contributed by atoms with Crippen molar-refractivity contribution in [3.05, 3.63) is 7.11 Å². The van der Waals surface area contributed by atoms with E-state index in [-0.39, 0.29) is 0 Å². The summed E-state index contributed by atoms with van der Waals surface area (Å²) in [4.78, 5) is 0. The van der Waals surface area contributed by atoms with Gasteiger partial charge in [-0.3, -0.25) is 0 Å². The Balaban J connectivity index is 2.60. The van der Waals surface area contributed by atoms with Gasteiger partial charge in [0.1, 0.15) is 0 Å². The van der Waals surface area contributed by atoms with E-state index in [2.05, 4.69) is 11.8 Å². The van der Waals surface area contributed by atoms with E-state index in [1.807, 2.05) is 0 Å². The van der Waals surface area contributed by atoms with E-state index in [0.29, 0.717) is 0 Å². The maximum Gasteiger partial charge on any atom is 0.0700 e. The number of hydrogen-bond acceptors (Lipinski definition) is 1. The highest BCUT2D eigenvalue weighted by atomic mass is 35.5. The highest BCUT2D eigenvalue weighted by Crippen LogP contribution is 2.00. The highest BCUT2D eigenvalue weighted by Gasteiger charge is 1.86. The van der Waals surface area contributed by atoms with Gasteiger partial charge in [0.05, 0.1) is 7.11 Å². The molecule has 0 aliphatic carbocycles. The van der Waals surface area contributed by atoms with Crippen LogP contribution in [-0.2, 0) is 4.74 Å². The number of ether oxygens (including phenoxy) is 1. The monoisotopic (exact) mass is 149 g/mol. The molecule has 55 valence electrons. The molecule has 0 rings (SSSR count). The third-order valence-electron chi connectivity index (χ3n) is 1.17. The third-order valence-corrected chi connectivity index (χ3v) is 1.44. The van der Waals surface area contributed by atoms with Crippen molar-refractivity contribution in [2.75, 3.05) is 12.5 Å². The average Bonchev–Trinajstić information content (AvgIpc) is 1.89. The Morgan fingerprint density at radius 1 is 1.11 bits per heavy atom. The lowest BCUT2D eigenvalue weighted by molar-refractivity contribution is 0.234. The number of halogens is 1. The Morgan fingerprint density at radius 3 is 2.33 bits per heavy atom. The van der Waals surface area contributed by atoms with Crippen LogP contribution < -0.4 is 0 Å². The molecule has 0 atom stereocenters. The first kappa shape index (κ1) is 9.25. The fraction of sp³-hybridized carbons (Fsp3) is 0.857. The first-order valence-electron chi connectivity index (χ1n) is 3.34. The summed E-state index contributed by atoms with van der Waals surface area (Å²) >= 11 is 5.47. The van der Waals surface area contributed by atoms with Crippen LogP contribution in [0.3, 0.4) is 0 Å². The molecule has 0 aliphatic heterocycles. The molecule has 0 aliphatic rings. The van der Waals surface area contributed by atoms with Gasteiger partial charge in [0.2, 0.25) is 0 Å². The highest BCUT2D eigenvalue weighted by molar-refractivity contribution is 6.17. The van der Waals surface area contributed by atoms with Crippen molar-refractivity contribution in [1.29, 1.82) is 0 Å². The summed E-state index contributed by atoms with van der Waals surface area (Å²) in [5, 5.41) is 0. The lowest BCUT2D eigenvalue weighted by Crippen LogP contribution is -1.86. The molecule has 0 unspecified atom stereocenters. The fourth-order valence-corrected chi connectivity index (χ4v) is 0.841. The van der Waals surface area contributed by atoms with E-state index < -0.39 is 0 Å². The molecule has 0 aromatic heterocycles. The molecule has 0 heterocycles. The zero-order valence-electron chi connectivity index (χ0n) is 5.74. The Labute approximate surface area is 62.3 Å². The Kier molecular flexibility index (Phi) is 8.48. The van der Waals surface area contributed by atoms with Crippen molar-refractivity contribution < 1.29 is 4.74 Å². The summed E-state index contributed by atoms with van der Waals surface area (Å²) in [6.45, 7) is 0.780. The Hall–Kier alpha value is 0.250. The summed E-state index contributed by atoms with van der Waals surface area (Å²) < 4.78 is 4.64. The van der Waals surface area contributed by atoms with Crippen molar-refractivity contribution in [2.24, 2.45) is 0 Å². The van der Waals surface area contributed by atoms with Gasteiger partial charge in [0, 0.05) is 12.5 Å². The van der Waals surface area contributed by atoms with Crippen LogP contribution in [0.1, 0.15) is 25.7 Å². The molecule has 0 aromatic carbocycles. The van der Waals surface area contributed by atoms with Crippen molar-refractivity contribution in [2.45, 2.75) is 25.7 Å². The maximum atomic E-state index is 5.47. The van der Waals surface area contributed by atoms with Crippen LogP contribution in [0.25, 0.3) is 0 Å². The van der Waals surface area contributed by atoms with Gasteiger partial charge in [-0.15, -0.1) is 11.6 Å². The second-order valence-corrected chi connectivity index (χ2v) is 2.39. The van der Waals surface area contributed by atoms with Crippen LogP contribution in [0.4, 0.5) is 0 Å². The van der Waals surface area contributed by atoms with Crippen molar-refractivity contribution in [1.82, 2.24) is 0 Å². The van der Waals surface area contributed by atoms with Gasteiger partial charge in [0.15, 0.2) is 0 Å². The molecule has 0 aromatic rings. The molecule has 0 saturated carbocycles. The van der Waals surface area contributed by atoms with Crippen molar-refractivity contribution in [3.8, 4) is 0 Å². The normalized spacial score (nSPS) is 10.0. The Morgan fingerprint density at radius 2 is 1.78 bits per heavy atom. The lowest BCUT2D eigenvalue weighted by atomic mass is 10.2. The zero-order chi connectivity index (χ0) is 6.95. The Bertz CT molecular complexity index is 42.2. The molecule has 0 N–H and O–H groups in total. The minimum Gasteiger partial charge on any atom is -0.379 e. The van der Waals surface area contributed by atoms with E-state index in [9.17, 15) is 0 Å². The van der Waals surface area contributed by atoms with Gasteiger partial charge < -0.3 is 4.74 Å². The van der Waals surface area contributed by atoms with Gasteiger partial charge in [-0.25, -0.2) is 0 Å². The number of rotatable bonds is 6. The van der Waals surface area contributed by atoms with E-state index in [1.165, 1.54) is 12.8 Å². The topological polar surface area (TPSA) is 9.23 Å². The molecule has 2 heteroatoms. The molecule has 0 spiro atoms. The summed E-state index contributed by atoms with van der Waals surface area (Å²) in [7, 11) is 3.28. The molecule has 0 amide bonds. The van der Waals surface area contributed by atoms with E-state index in [4.69, 9.17) is 11.6 Å². The van der Waals surface area contributed by atoms with Crippen LogP contribution in [-0.4, -0.2) is 12.5 Å². The van der Waals surface area contributed by atoms with Gasteiger partial charge in [-0.2, -0.15) is 0 Å². The summed E-state index contributed by atoms with van der Waals surface area (Å²) in [6.07, 6.45) is 4.66. The molecule has 0 bridgehead atoms. The van der Waals surface area contributed by atoms with Crippen LogP contribution in [0, 0.1) is 7.11 Å². The van der Waals surface area contributed by atoms with Crippen LogP contribution >= 0.6 is 11.6 Å². The largest absolute Gasteiger partial charge is 0.379 e. The van der Waals surface area contributed by atoms with E-state index >= 15 is 0 Å². The first-order chi connectivity index (χ1) is 4.41. The summed E-state index contributed by atoms with van der Waals surface area (Å²) in [6, 6.07) is 0. The van der Waals surface area contributed by atoms with Gasteiger partial charge >= 0.3 is 0 Å². The second-order valence-electron chi connectivity index (χ2n) is 2.01. The van der Waals surface area contributed by atoms with Gasteiger partial charge in [-0.1, -0.05) is 12.8 Å². The molecular formula is C7H14ClO. The standard InChI is InChI=1S/C7H14ClO/c1-9-7-5-3-2-4-6-8/h1-7H2. The van der Waals surface area contributed by atoms with Crippen LogP contribution in [0.2, 0.25) is 0 Å². The molecule has 9 heavy (non-hydrogen) atoms. The van der Waals surface area contributed by atoms with Crippen LogP contribution in [0.15, 0.2) is 0 Å². The molecule has 0 fully saturated rings. The number of alkyl halides is 1. The van der Waals surface area contributed by atoms with Gasteiger partial charge in [0.25, 0.3) is 0 Å². The van der Waals surface area contributed by atoms with Crippen molar-refractivity contribution in [3.63, 3.8) is 0 Å². The molecular weight excluding hydrogens is 136 g/mol. The second kappa shape index (κ2) is 8.25.